The molecule has 1 aromatic heterocycles. The van der Waals surface area contributed by atoms with Gasteiger partial charge in [0, 0.05) is 0 Å². The van der Waals surface area contributed by atoms with Gasteiger partial charge in [-0.15, -0.1) is 0 Å². The molecule has 1 heterocycles. The summed E-state index contributed by atoms with van der Waals surface area (Å²) in [7, 11) is 0. The molecule has 1 rings (SSSR count). The molecule has 0 spiro atoms. The molecule has 0 atom stereocenters. The van der Waals surface area contributed by atoms with Gasteiger partial charge in [0.1, 0.15) is 6.07 Å². The SMILES string of the molecule is N#Cc1cnc(OCC(F)F)cn1. The summed E-state index contributed by atoms with van der Waals surface area (Å²) in [6.45, 7) is -0.722. The fourth-order valence-corrected chi connectivity index (χ4v) is 0.597. The highest BCUT2D eigenvalue weighted by Crippen LogP contribution is 2.04. The minimum absolute atomic E-state index is 0.0145. The molecule has 4 nitrogen and oxygen atoms in total. The van der Waals surface area contributed by atoms with Gasteiger partial charge in [0.25, 0.3) is 6.43 Å². The Hall–Kier alpha value is -1.77. The lowest BCUT2D eigenvalue weighted by Crippen LogP contribution is -2.08. The lowest BCUT2D eigenvalue weighted by Gasteiger charge is -2.02. The molecule has 0 bridgehead atoms. The molecule has 0 amide bonds. The van der Waals surface area contributed by atoms with E-state index < -0.39 is 13.0 Å². The van der Waals surface area contributed by atoms with Gasteiger partial charge in [-0.25, -0.2) is 18.7 Å². The van der Waals surface area contributed by atoms with Gasteiger partial charge in [0.05, 0.1) is 12.4 Å². The Labute approximate surface area is 72.8 Å². The van der Waals surface area contributed by atoms with E-state index in [9.17, 15) is 8.78 Å². The summed E-state index contributed by atoms with van der Waals surface area (Å²) in [4.78, 5) is 7.16. The minimum Gasteiger partial charge on any atom is -0.470 e. The van der Waals surface area contributed by atoms with Gasteiger partial charge in [-0.1, -0.05) is 0 Å². The van der Waals surface area contributed by atoms with E-state index >= 15 is 0 Å². The molecular weight excluding hydrogens is 180 g/mol. The van der Waals surface area contributed by atoms with Crippen molar-refractivity contribution in [2.75, 3.05) is 6.61 Å². The number of aromatic nitrogens is 2. The van der Waals surface area contributed by atoms with Gasteiger partial charge >= 0.3 is 0 Å². The predicted octanol–water partition coefficient (Wildman–Crippen LogP) is 0.992. The van der Waals surface area contributed by atoms with Crippen molar-refractivity contribution in [3.8, 4) is 11.9 Å². The van der Waals surface area contributed by atoms with E-state index in [2.05, 4.69) is 14.7 Å². The molecule has 0 N–H and O–H groups in total. The number of ether oxygens (including phenoxy) is 1. The number of nitriles is 1. The fourth-order valence-electron chi connectivity index (χ4n) is 0.597. The highest BCUT2D eigenvalue weighted by molar-refractivity contribution is 5.18. The molecule has 0 aromatic carbocycles. The van der Waals surface area contributed by atoms with Crippen molar-refractivity contribution in [2.24, 2.45) is 0 Å². The second kappa shape index (κ2) is 4.30. The number of nitrogens with zero attached hydrogens (tertiary/aromatic N) is 3. The predicted molar refractivity (Wildman–Crippen MR) is 38.2 cm³/mol. The number of hydrogen-bond donors (Lipinski definition) is 0. The molecule has 0 radical (unpaired) electrons. The maximum Gasteiger partial charge on any atom is 0.272 e. The molecule has 1 aromatic rings. The zero-order valence-corrected chi connectivity index (χ0v) is 6.44. The van der Waals surface area contributed by atoms with Crippen LogP contribution < -0.4 is 4.74 Å². The number of rotatable bonds is 3. The second-order valence-electron chi connectivity index (χ2n) is 2.05. The van der Waals surface area contributed by atoms with Crippen molar-refractivity contribution in [1.82, 2.24) is 9.97 Å². The van der Waals surface area contributed by atoms with Gasteiger partial charge in [0.2, 0.25) is 5.88 Å². The standard InChI is InChI=1S/C7H5F2N3O/c8-6(9)4-13-7-3-11-5(1-10)2-12-7/h2-3,6H,4H2. The van der Waals surface area contributed by atoms with Crippen molar-refractivity contribution in [1.29, 1.82) is 5.26 Å². The van der Waals surface area contributed by atoms with Gasteiger partial charge in [-0.05, 0) is 0 Å². The highest BCUT2D eigenvalue weighted by Gasteiger charge is 2.04. The summed E-state index contributed by atoms with van der Waals surface area (Å²) < 4.78 is 27.8. The lowest BCUT2D eigenvalue weighted by molar-refractivity contribution is 0.0794. The molecule has 6 heteroatoms. The Morgan fingerprint density at radius 3 is 2.69 bits per heavy atom. The van der Waals surface area contributed by atoms with Gasteiger partial charge < -0.3 is 4.74 Å². The van der Waals surface area contributed by atoms with Crippen molar-refractivity contribution in [3.63, 3.8) is 0 Å². The third-order valence-corrected chi connectivity index (χ3v) is 1.10. The van der Waals surface area contributed by atoms with Crippen LogP contribution in [0.25, 0.3) is 0 Å². The minimum atomic E-state index is -2.54. The molecule has 0 aliphatic carbocycles. The maximum absolute atomic E-state index is 11.6. The first-order chi connectivity index (χ1) is 6.22. The maximum atomic E-state index is 11.6. The third kappa shape index (κ3) is 2.99. The Morgan fingerprint density at radius 2 is 2.23 bits per heavy atom. The molecule has 0 saturated heterocycles. The molecular formula is C7H5F2N3O. The smallest absolute Gasteiger partial charge is 0.272 e. The van der Waals surface area contributed by atoms with Crippen LogP contribution in [0.1, 0.15) is 5.69 Å². The monoisotopic (exact) mass is 185 g/mol. The summed E-state index contributed by atoms with van der Waals surface area (Å²) in [5.41, 5.74) is 0.115. The first-order valence-corrected chi connectivity index (χ1v) is 3.35. The Kier molecular flexibility index (Phi) is 3.09. The summed E-state index contributed by atoms with van der Waals surface area (Å²) in [6.07, 6.45) is -0.265. The van der Waals surface area contributed by atoms with Crippen LogP contribution in [0.15, 0.2) is 12.4 Å². The van der Waals surface area contributed by atoms with Crippen LogP contribution in [0.2, 0.25) is 0 Å². The van der Waals surface area contributed by atoms with E-state index in [1.165, 1.54) is 0 Å². The number of hydrogen-bond acceptors (Lipinski definition) is 4. The molecule has 0 aliphatic heterocycles. The van der Waals surface area contributed by atoms with Crippen LogP contribution in [0, 0.1) is 11.3 Å². The summed E-state index contributed by atoms with van der Waals surface area (Å²) in [6, 6.07) is 1.74. The Balaban J connectivity index is 2.55. The fraction of sp³-hybridized carbons (Fsp3) is 0.286. The lowest BCUT2D eigenvalue weighted by atomic mass is 10.5. The van der Waals surface area contributed by atoms with Crippen molar-refractivity contribution in [3.05, 3.63) is 18.1 Å². The third-order valence-electron chi connectivity index (χ3n) is 1.10. The van der Waals surface area contributed by atoms with Crippen LogP contribution in [-0.4, -0.2) is 23.0 Å². The molecule has 0 fully saturated rings. The number of halogens is 2. The van der Waals surface area contributed by atoms with Crippen LogP contribution in [-0.2, 0) is 0 Å². The summed E-state index contributed by atoms with van der Waals surface area (Å²) >= 11 is 0. The van der Waals surface area contributed by atoms with Crippen molar-refractivity contribution >= 4 is 0 Å². The Bertz CT molecular complexity index is 307. The van der Waals surface area contributed by atoms with Crippen molar-refractivity contribution < 1.29 is 13.5 Å². The summed E-state index contributed by atoms with van der Waals surface area (Å²) in [5.74, 6) is -0.0145. The van der Waals surface area contributed by atoms with E-state index in [0.717, 1.165) is 12.4 Å². The molecule has 0 saturated carbocycles. The van der Waals surface area contributed by atoms with Crippen LogP contribution in [0.4, 0.5) is 8.78 Å². The van der Waals surface area contributed by atoms with Gasteiger partial charge in [-0.3, -0.25) is 0 Å². The topological polar surface area (TPSA) is 58.8 Å². The van der Waals surface area contributed by atoms with Crippen LogP contribution >= 0.6 is 0 Å². The average Bonchev–Trinajstić information content (AvgIpc) is 2.15. The zero-order chi connectivity index (χ0) is 9.68. The Morgan fingerprint density at radius 1 is 1.46 bits per heavy atom. The normalized spacial score (nSPS) is 9.69. The summed E-state index contributed by atoms with van der Waals surface area (Å²) in [5, 5.41) is 8.33. The first-order valence-electron chi connectivity index (χ1n) is 3.35. The van der Waals surface area contributed by atoms with Crippen molar-refractivity contribution in [2.45, 2.75) is 6.43 Å². The molecule has 0 aliphatic rings. The highest BCUT2D eigenvalue weighted by atomic mass is 19.3. The van der Waals surface area contributed by atoms with Crippen LogP contribution in [0.3, 0.4) is 0 Å². The zero-order valence-electron chi connectivity index (χ0n) is 6.44. The van der Waals surface area contributed by atoms with E-state index in [4.69, 9.17) is 5.26 Å². The largest absolute Gasteiger partial charge is 0.470 e. The van der Waals surface area contributed by atoms with E-state index in [1.807, 2.05) is 0 Å². The first kappa shape index (κ1) is 9.32. The molecule has 0 unspecified atom stereocenters. The quantitative estimate of drug-likeness (QED) is 0.704. The van der Waals surface area contributed by atoms with Crippen LogP contribution in [0.5, 0.6) is 5.88 Å². The van der Waals surface area contributed by atoms with Gasteiger partial charge in [0.15, 0.2) is 12.3 Å². The molecule has 68 valence electrons. The molecule has 13 heavy (non-hydrogen) atoms. The average molecular weight is 185 g/mol. The van der Waals surface area contributed by atoms with E-state index in [0.29, 0.717) is 0 Å². The van der Waals surface area contributed by atoms with E-state index in [1.54, 1.807) is 6.07 Å². The number of alkyl halides is 2. The second-order valence-corrected chi connectivity index (χ2v) is 2.05. The van der Waals surface area contributed by atoms with E-state index in [-0.39, 0.29) is 11.6 Å². The van der Waals surface area contributed by atoms with Gasteiger partial charge in [-0.2, -0.15) is 5.26 Å².